The van der Waals surface area contributed by atoms with Crippen LogP contribution in [0.3, 0.4) is 0 Å². The highest BCUT2D eigenvalue weighted by Crippen LogP contribution is 2.29. The maximum absolute atomic E-state index is 4.89. The molecule has 0 aromatic carbocycles. The van der Waals surface area contributed by atoms with E-state index in [0.717, 1.165) is 0 Å². The lowest BCUT2D eigenvalue weighted by molar-refractivity contribution is 0.419. The van der Waals surface area contributed by atoms with Crippen molar-refractivity contribution >= 4 is 0 Å². The third-order valence-electron chi connectivity index (χ3n) is 8.56. The summed E-state index contributed by atoms with van der Waals surface area (Å²) in [6, 6.07) is 0.590. The van der Waals surface area contributed by atoms with E-state index in [-0.39, 0.29) is 0 Å². The number of hydrogen-bond donors (Lipinski definition) is 0. The van der Waals surface area contributed by atoms with E-state index in [2.05, 4.69) is 44.7 Å². The molecule has 1 heterocycles. The van der Waals surface area contributed by atoms with Crippen LogP contribution in [0.2, 0.25) is 0 Å². The van der Waals surface area contributed by atoms with Crippen molar-refractivity contribution in [1.29, 1.82) is 0 Å². The third-order valence-corrected chi connectivity index (χ3v) is 8.56. The second-order valence-electron chi connectivity index (χ2n) is 12.2. The Kier molecular flexibility index (Phi) is 23.6. The largest absolute Gasteiger partial charge is 0.332 e. The molecule has 2 nitrogen and oxygen atoms in total. The molecule has 0 saturated heterocycles. The Morgan fingerprint density at radius 3 is 1.35 bits per heavy atom. The lowest BCUT2D eigenvalue weighted by atomic mass is 9.94. The van der Waals surface area contributed by atoms with Crippen molar-refractivity contribution < 1.29 is 0 Å². The minimum atomic E-state index is 0.590. The number of nitrogens with zero attached hydrogens (tertiary/aromatic N) is 2. The van der Waals surface area contributed by atoms with Crippen LogP contribution < -0.4 is 0 Å². The maximum Gasteiger partial charge on any atom is 0.111 e. The zero-order valence-electron chi connectivity index (χ0n) is 26.1. The molecule has 1 rings (SSSR count). The Balaban J connectivity index is 2.19. The number of imidazole rings is 1. The highest BCUT2D eigenvalue weighted by atomic mass is 15.1. The first-order valence-electron chi connectivity index (χ1n) is 17.3. The predicted molar refractivity (Wildman–Crippen MR) is 167 cm³/mol. The monoisotopic (exact) mass is 517 g/mol. The van der Waals surface area contributed by atoms with Gasteiger partial charge in [-0.3, -0.25) is 0 Å². The fourth-order valence-corrected chi connectivity index (χ4v) is 6.06. The Bertz CT molecular complexity index is 578. The van der Waals surface area contributed by atoms with Crippen molar-refractivity contribution in [1.82, 2.24) is 9.55 Å². The van der Waals surface area contributed by atoms with Gasteiger partial charge >= 0.3 is 0 Å². The van der Waals surface area contributed by atoms with E-state index in [0.29, 0.717) is 12.0 Å². The molecule has 0 saturated carbocycles. The van der Waals surface area contributed by atoms with Crippen molar-refractivity contribution in [2.75, 3.05) is 0 Å². The van der Waals surface area contributed by atoms with Gasteiger partial charge in [0.2, 0.25) is 0 Å². The normalized spacial score (nSPS) is 13.3. The number of aromatic nitrogens is 2. The van der Waals surface area contributed by atoms with E-state index in [1.165, 1.54) is 173 Å². The van der Waals surface area contributed by atoms with E-state index in [1.807, 2.05) is 0 Å². The van der Waals surface area contributed by atoms with E-state index in [9.17, 15) is 0 Å². The molecule has 0 aliphatic heterocycles. The van der Waals surface area contributed by atoms with Gasteiger partial charge in [0.1, 0.15) is 5.82 Å². The minimum absolute atomic E-state index is 0.590. The van der Waals surface area contributed by atoms with E-state index >= 15 is 0 Å². The van der Waals surface area contributed by atoms with Crippen molar-refractivity contribution in [3.8, 4) is 0 Å². The zero-order valence-corrected chi connectivity index (χ0v) is 26.1. The predicted octanol–water partition coefficient (Wildman–Crippen LogP) is 12.7. The van der Waals surface area contributed by atoms with Crippen LogP contribution in [0.25, 0.3) is 0 Å². The zero-order chi connectivity index (χ0) is 26.8. The molecule has 1 aromatic heterocycles. The van der Waals surface area contributed by atoms with Gasteiger partial charge in [0.15, 0.2) is 0 Å². The van der Waals surface area contributed by atoms with Crippen molar-refractivity contribution in [2.45, 2.75) is 207 Å². The summed E-state index contributed by atoms with van der Waals surface area (Å²) in [5, 5.41) is 0. The van der Waals surface area contributed by atoms with Gasteiger partial charge in [-0.2, -0.15) is 0 Å². The summed E-state index contributed by atoms with van der Waals surface area (Å²) in [4.78, 5) is 4.89. The molecule has 0 N–H and O–H groups in total. The summed E-state index contributed by atoms with van der Waals surface area (Å²) in [6.45, 7) is 9.37. The van der Waals surface area contributed by atoms with Gasteiger partial charge in [-0.25, -0.2) is 4.98 Å². The Labute approximate surface area is 234 Å². The van der Waals surface area contributed by atoms with Gasteiger partial charge < -0.3 is 4.57 Å². The minimum Gasteiger partial charge on any atom is -0.332 e. The first-order valence-corrected chi connectivity index (χ1v) is 17.3. The molecule has 2 atom stereocenters. The van der Waals surface area contributed by atoms with Crippen molar-refractivity contribution in [2.24, 2.45) is 0 Å². The molecule has 0 fully saturated rings. The van der Waals surface area contributed by atoms with Gasteiger partial charge in [-0.1, -0.05) is 168 Å². The second kappa shape index (κ2) is 25.5. The Hall–Kier alpha value is -0.790. The molecule has 2 heteroatoms. The van der Waals surface area contributed by atoms with Crippen LogP contribution in [0.15, 0.2) is 12.4 Å². The fourth-order valence-electron chi connectivity index (χ4n) is 6.06. The molecule has 0 aliphatic carbocycles. The summed E-state index contributed by atoms with van der Waals surface area (Å²) < 4.78 is 2.54. The van der Waals surface area contributed by atoms with Gasteiger partial charge in [-0.05, 0) is 26.2 Å². The molecule has 0 radical (unpaired) electrons. The lowest BCUT2D eigenvalue weighted by Crippen LogP contribution is -2.13. The standard InChI is InChI=1S/C35H68N2/c1-5-8-10-12-14-16-18-19-20-22-24-26-29-33(4)37-32-31-36-35(37)34(28-7-3)30-27-25-23-21-17-15-13-11-9-6-2/h31-34H,5-30H2,1-4H3. The van der Waals surface area contributed by atoms with Crippen LogP contribution in [-0.2, 0) is 0 Å². The van der Waals surface area contributed by atoms with Crippen LogP contribution in [0.1, 0.15) is 212 Å². The second-order valence-corrected chi connectivity index (χ2v) is 12.2. The molecule has 0 aliphatic rings. The molecule has 218 valence electrons. The molecule has 0 spiro atoms. The fraction of sp³-hybridized carbons (Fsp3) is 0.914. The molecule has 1 aromatic rings. The Morgan fingerprint density at radius 2 is 0.919 bits per heavy atom. The lowest BCUT2D eigenvalue weighted by Gasteiger charge is -2.22. The third kappa shape index (κ3) is 18.2. The van der Waals surface area contributed by atoms with Gasteiger partial charge in [0.05, 0.1) is 0 Å². The van der Waals surface area contributed by atoms with Crippen LogP contribution in [0.4, 0.5) is 0 Å². The molecular formula is C35H68N2. The molecule has 2 unspecified atom stereocenters. The molecule has 0 amide bonds. The van der Waals surface area contributed by atoms with Gasteiger partial charge in [0.25, 0.3) is 0 Å². The highest BCUT2D eigenvalue weighted by Gasteiger charge is 2.18. The Morgan fingerprint density at radius 1 is 0.514 bits per heavy atom. The number of hydrogen-bond acceptors (Lipinski definition) is 1. The van der Waals surface area contributed by atoms with E-state index < -0.39 is 0 Å². The quantitative estimate of drug-likeness (QED) is 0.101. The molecular weight excluding hydrogens is 448 g/mol. The number of rotatable bonds is 28. The summed E-state index contributed by atoms with van der Waals surface area (Å²) >= 11 is 0. The van der Waals surface area contributed by atoms with Crippen LogP contribution >= 0.6 is 0 Å². The highest BCUT2D eigenvalue weighted by molar-refractivity contribution is 5.02. The smallest absolute Gasteiger partial charge is 0.111 e. The number of unbranched alkanes of at least 4 members (excludes halogenated alkanes) is 20. The summed E-state index contributed by atoms with van der Waals surface area (Å²) in [7, 11) is 0. The SMILES string of the molecule is CCCCCCCCCCCCCCC(C)n1ccnc1C(CCC)CCCCCCCCCCCC. The summed E-state index contributed by atoms with van der Waals surface area (Å²) in [5.74, 6) is 2.03. The van der Waals surface area contributed by atoms with Crippen LogP contribution in [-0.4, -0.2) is 9.55 Å². The van der Waals surface area contributed by atoms with Crippen LogP contribution in [0, 0.1) is 0 Å². The summed E-state index contributed by atoms with van der Waals surface area (Å²) in [6.07, 6.45) is 40.9. The van der Waals surface area contributed by atoms with E-state index in [4.69, 9.17) is 4.98 Å². The first-order chi connectivity index (χ1) is 18.2. The average Bonchev–Trinajstić information content (AvgIpc) is 3.39. The molecule has 0 bridgehead atoms. The van der Waals surface area contributed by atoms with E-state index in [1.54, 1.807) is 0 Å². The topological polar surface area (TPSA) is 17.8 Å². The molecule has 37 heavy (non-hydrogen) atoms. The summed E-state index contributed by atoms with van der Waals surface area (Å²) in [5.41, 5.74) is 0. The maximum atomic E-state index is 4.89. The van der Waals surface area contributed by atoms with Crippen molar-refractivity contribution in [3.63, 3.8) is 0 Å². The van der Waals surface area contributed by atoms with Crippen molar-refractivity contribution in [3.05, 3.63) is 18.2 Å². The van der Waals surface area contributed by atoms with Gasteiger partial charge in [0, 0.05) is 24.4 Å². The van der Waals surface area contributed by atoms with Crippen LogP contribution in [0.5, 0.6) is 0 Å². The first kappa shape index (κ1) is 34.2. The average molecular weight is 517 g/mol. The van der Waals surface area contributed by atoms with Gasteiger partial charge in [-0.15, -0.1) is 0 Å².